The number of hydrogen-bond acceptors (Lipinski definition) is 2. The van der Waals surface area contributed by atoms with Crippen LogP contribution in [0.15, 0.2) is 48.6 Å². The van der Waals surface area contributed by atoms with Crippen LogP contribution in [0.2, 0.25) is 0 Å². The number of allylic oxidation sites excluding steroid dienone is 3. The van der Waals surface area contributed by atoms with Crippen molar-refractivity contribution >= 4 is 5.97 Å². The summed E-state index contributed by atoms with van der Waals surface area (Å²) in [5.41, 5.74) is 3.87. The zero-order valence-corrected chi connectivity index (χ0v) is 10.2. The van der Waals surface area contributed by atoms with E-state index >= 15 is 0 Å². The second-order valence-electron chi connectivity index (χ2n) is 3.68. The van der Waals surface area contributed by atoms with Gasteiger partial charge in [-0.1, -0.05) is 52.3 Å². The van der Waals surface area contributed by atoms with Crippen LogP contribution < -0.4 is 5.48 Å². The van der Waals surface area contributed by atoms with Crippen LogP contribution in [0.25, 0.3) is 0 Å². The van der Waals surface area contributed by atoms with Gasteiger partial charge in [0.1, 0.15) is 6.08 Å². The molecule has 0 atom stereocenters. The maximum absolute atomic E-state index is 11.2. The van der Waals surface area contributed by atoms with E-state index in [0.29, 0.717) is 6.54 Å². The summed E-state index contributed by atoms with van der Waals surface area (Å²) in [5, 5.41) is 0. The van der Waals surface area contributed by atoms with Crippen molar-refractivity contribution < 1.29 is 15.1 Å². The van der Waals surface area contributed by atoms with Crippen molar-refractivity contribution in [1.82, 2.24) is 0 Å². The number of hydrogen-bond donors (Lipinski definition) is 1. The van der Waals surface area contributed by atoms with Crippen molar-refractivity contribution in [1.29, 1.82) is 0 Å². The van der Waals surface area contributed by atoms with Crippen LogP contribution in [0, 0.1) is 6.92 Å². The van der Waals surface area contributed by atoms with Crippen LogP contribution >= 0.6 is 0 Å². The molecule has 0 aliphatic rings. The first-order chi connectivity index (χ1) is 8.22. The van der Waals surface area contributed by atoms with Crippen LogP contribution in [0.5, 0.6) is 0 Å². The molecule has 1 aromatic carbocycles. The summed E-state index contributed by atoms with van der Waals surface area (Å²) in [7, 11) is 0. The standard InChI is InChI=1S/C14H17NO2/c1-3-4-5-6-14(16)17-15-11-13-9-7-12(2)8-10-13/h3-10,15H,11H2,1-2H3/q+1/p+1/b4-3+,6-5+. The van der Waals surface area contributed by atoms with Gasteiger partial charge in [0.05, 0.1) is 4.79 Å². The lowest BCUT2D eigenvalue weighted by Gasteiger charge is -1.95. The van der Waals surface area contributed by atoms with Gasteiger partial charge in [-0.05, 0) is 19.9 Å². The molecule has 1 aromatic rings. The first kappa shape index (κ1) is 13.2. The van der Waals surface area contributed by atoms with Gasteiger partial charge in [0.2, 0.25) is 0 Å². The Morgan fingerprint density at radius 2 is 2.00 bits per heavy atom. The van der Waals surface area contributed by atoms with E-state index in [4.69, 9.17) is 4.84 Å². The van der Waals surface area contributed by atoms with Crippen molar-refractivity contribution in [3.8, 4) is 0 Å². The van der Waals surface area contributed by atoms with E-state index < -0.39 is 0 Å². The maximum atomic E-state index is 11.2. The van der Waals surface area contributed by atoms with E-state index in [1.54, 1.807) is 12.2 Å². The topological polar surface area (TPSA) is 45.7 Å². The Hall–Kier alpha value is -1.87. The fourth-order valence-corrected chi connectivity index (χ4v) is 1.23. The summed E-state index contributed by atoms with van der Waals surface area (Å²) >= 11 is 0. The van der Waals surface area contributed by atoms with Crippen LogP contribution in [-0.2, 0) is 16.2 Å². The molecule has 89 valence electrons. The summed E-state index contributed by atoms with van der Waals surface area (Å²) in [6.07, 6.45) is 6.68. The molecule has 0 aliphatic carbocycles. The normalized spacial score (nSPS) is 11.2. The van der Waals surface area contributed by atoms with Crippen molar-refractivity contribution in [2.75, 3.05) is 0 Å². The number of benzene rings is 1. The van der Waals surface area contributed by atoms with Gasteiger partial charge in [-0.15, -0.1) is 0 Å². The molecule has 0 spiro atoms. The Kier molecular flexibility index (Phi) is 5.75. The number of aryl methyl sites for hydroxylation is 1. The second kappa shape index (κ2) is 7.41. The third-order valence-corrected chi connectivity index (χ3v) is 2.17. The Morgan fingerprint density at radius 3 is 2.65 bits per heavy atom. The number of carbonyl (C=O) groups excluding carboxylic acids is 1. The Bertz CT molecular complexity index is 405. The molecule has 0 fully saturated rings. The third-order valence-electron chi connectivity index (χ3n) is 2.17. The number of nitrogens with two attached hydrogens (primary N) is 1. The van der Waals surface area contributed by atoms with E-state index in [0.717, 1.165) is 5.56 Å². The molecular formula is C14H18NO2+2. The molecule has 0 unspecified atom stereocenters. The molecule has 3 heteroatoms. The zero-order chi connectivity index (χ0) is 12.5. The number of rotatable bonds is 5. The van der Waals surface area contributed by atoms with Crippen LogP contribution in [0.3, 0.4) is 0 Å². The molecule has 0 bridgehead atoms. The van der Waals surface area contributed by atoms with Gasteiger partial charge in [-0.3, -0.25) is 0 Å². The predicted octanol–water partition coefficient (Wildman–Crippen LogP) is 1.65. The molecule has 0 heterocycles. The van der Waals surface area contributed by atoms with Gasteiger partial charge in [0.15, 0.2) is 6.54 Å². The average molecular weight is 232 g/mol. The highest BCUT2D eigenvalue weighted by molar-refractivity contribution is 5.81. The predicted molar refractivity (Wildman–Crippen MR) is 66.9 cm³/mol. The lowest BCUT2D eigenvalue weighted by molar-refractivity contribution is -0.884. The fourth-order valence-electron chi connectivity index (χ4n) is 1.23. The van der Waals surface area contributed by atoms with Crippen molar-refractivity contribution in [2.24, 2.45) is 0 Å². The Balaban J connectivity index is 2.28. The van der Waals surface area contributed by atoms with Crippen molar-refractivity contribution in [2.45, 2.75) is 20.4 Å². The summed E-state index contributed by atoms with van der Waals surface area (Å²) in [6.45, 7) is 4.56. The van der Waals surface area contributed by atoms with E-state index in [9.17, 15) is 4.79 Å². The minimum absolute atomic E-state index is 0.352. The molecule has 0 aromatic heterocycles. The molecule has 1 radical (unpaired) electrons. The average Bonchev–Trinajstić information content (AvgIpc) is 2.32. The first-order valence-corrected chi connectivity index (χ1v) is 5.59. The smallest absolute Gasteiger partial charge is 0.0877 e. The highest BCUT2D eigenvalue weighted by atomic mass is 16.7. The van der Waals surface area contributed by atoms with Gasteiger partial charge in [0.25, 0.3) is 0 Å². The largest absolute Gasteiger partial charge is 0.662 e. The fraction of sp³-hybridized carbons (Fsp3) is 0.214. The molecule has 17 heavy (non-hydrogen) atoms. The quantitative estimate of drug-likeness (QED) is 0.363. The number of carbonyl (C=O) groups is 1. The second-order valence-corrected chi connectivity index (χ2v) is 3.68. The van der Waals surface area contributed by atoms with Gasteiger partial charge >= 0.3 is 5.97 Å². The van der Waals surface area contributed by atoms with Gasteiger partial charge < -0.3 is 0 Å². The molecule has 0 saturated carbocycles. The molecule has 0 aliphatic heterocycles. The molecule has 2 N–H and O–H groups in total. The first-order valence-electron chi connectivity index (χ1n) is 5.59. The lowest BCUT2D eigenvalue weighted by atomic mass is 10.2. The minimum atomic E-state index is -0.352. The molecule has 0 saturated heterocycles. The van der Waals surface area contributed by atoms with Crippen LogP contribution in [0.4, 0.5) is 0 Å². The van der Waals surface area contributed by atoms with Gasteiger partial charge in [-0.25, -0.2) is 0 Å². The highest BCUT2D eigenvalue weighted by Crippen LogP contribution is 2.00. The van der Waals surface area contributed by atoms with Crippen molar-refractivity contribution in [3.05, 3.63) is 59.7 Å². The lowest BCUT2D eigenvalue weighted by Crippen LogP contribution is -2.82. The molecular weight excluding hydrogens is 214 g/mol. The van der Waals surface area contributed by atoms with E-state index in [1.165, 1.54) is 17.1 Å². The van der Waals surface area contributed by atoms with Crippen molar-refractivity contribution in [3.63, 3.8) is 0 Å². The number of hydroxylamine groups is 1. The highest BCUT2D eigenvalue weighted by Gasteiger charge is 2.15. The van der Waals surface area contributed by atoms with E-state index in [2.05, 4.69) is 0 Å². The molecule has 3 nitrogen and oxygen atoms in total. The van der Waals surface area contributed by atoms with Crippen LogP contribution in [0.1, 0.15) is 18.1 Å². The Labute approximate surface area is 102 Å². The van der Waals surface area contributed by atoms with Gasteiger partial charge in [0, 0.05) is 5.56 Å². The van der Waals surface area contributed by atoms with E-state index in [-0.39, 0.29) is 5.97 Å². The monoisotopic (exact) mass is 232 g/mol. The number of quaternary nitrogens is 1. The summed E-state index contributed by atoms with van der Waals surface area (Å²) in [6, 6.07) is 8.12. The third kappa shape index (κ3) is 5.68. The summed E-state index contributed by atoms with van der Waals surface area (Å²) in [4.78, 5) is 16.1. The molecule has 1 rings (SSSR count). The summed E-state index contributed by atoms with van der Waals surface area (Å²) in [5.74, 6) is -0.352. The van der Waals surface area contributed by atoms with Gasteiger partial charge in [-0.2, -0.15) is 0 Å². The minimum Gasteiger partial charge on any atom is -0.0877 e. The summed E-state index contributed by atoms with van der Waals surface area (Å²) < 4.78 is 0. The Morgan fingerprint density at radius 1 is 1.29 bits per heavy atom. The van der Waals surface area contributed by atoms with E-state index in [1.807, 2.05) is 44.2 Å². The zero-order valence-electron chi connectivity index (χ0n) is 10.2. The van der Waals surface area contributed by atoms with Crippen LogP contribution in [-0.4, -0.2) is 5.97 Å². The molecule has 0 amide bonds. The SMILES string of the molecule is C/C=C/C=C/C(=[O+])O[NH2+]Cc1ccc(C)cc1. The maximum Gasteiger partial charge on any atom is 0.662 e.